The first kappa shape index (κ1) is 13.0. The summed E-state index contributed by atoms with van der Waals surface area (Å²) in [6.45, 7) is 8.18. The first-order valence-corrected chi connectivity index (χ1v) is 6.73. The van der Waals surface area contributed by atoms with Gasteiger partial charge in [0.15, 0.2) is 5.82 Å². The molecule has 1 aromatic rings. The number of nitrogens with zero attached hydrogens (tertiary/aromatic N) is 3. The minimum atomic E-state index is 0.806. The summed E-state index contributed by atoms with van der Waals surface area (Å²) >= 11 is 0. The van der Waals surface area contributed by atoms with Gasteiger partial charge in [0.1, 0.15) is 0 Å². The van der Waals surface area contributed by atoms with Gasteiger partial charge in [-0.2, -0.15) is 5.10 Å². The SMILES string of the molecule is CCCNCc1ccc(N2CCC=C(C)C2)nn1. The van der Waals surface area contributed by atoms with Crippen molar-refractivity contribution in [2.24, 2.45) is 0 Å². The molecule has 0 unspecified atom stereocenters. The molecule has 0 atom stereocenters. The second kappa shape index (κ2) is 6.50. The van der Waals surface area contributed by atoms with Crippen molar-refractivity contribution in [3.05, 3.63) is 29.5 Å². The van der Waals surface area contributed by atoms with Crippen LogP contribution >= 0.6 is 0 Å². The number of rotatable bonds is 5. The molecule has 0 radical (unpaired) electrons. The van der Waals surface area contributed by atoms with E-state index in [0.717, 1.165) is 50.5 Å². The third-order valence-corrected chi connectivity index (χ3v) is 3.09. The maximum absolute atomic E-state index is 4.32. The highest BCUT2D eigenvalue weighted by Gasteiger charge is 2.12. The highest BCUT2D eigenvalue weighted by Crippen LogP contribution is 2.16. The fourth-order valence-electron chi connectivity index (χ4n) is 2.12. The average molecular weight is 246 g/mol. The van der Waals surface area contributed by atoms with Crippen LogP contribution in [-0.4, -0.2) is 29.8 Å². The van der Waals surface area contributed by atoms with Crippen molar-refractivity contribution in [2.75, 3.05) is 24.5 Å². The molecule has 2 rings (SSSR count). The minimum absolute atomic E-state index is 0.806. The van der Waals surface area contributed by atoms with Gasteiger partial charge in [-0.15, -0.1) is 5.10 Å². The Labute approximate surface area is 109 Å². The lowest BCUT2D eigenvalue weighted by molar-refractivity contribution is 0.654. The number of hydrogen-bond acceptors (Lipinski definition) is 4. The Kier molecular flexibility index (Phi) is 4.70. The summed E-state index contributed by atoms with van der Waals surface area (Å²) in [7, 11) is 0. The van der Waals surface area contributed by atoms with E-state index in [1.807, 2.05) is 0 Å². The Morgan fingerprint density at radius 2 is 2.22 bits per heavy atom. The van der Waals surface area contributed by atoms with Crippen molar-refractivity contribution >= 4 is 5.82 Å². The molecule has 4 nitrogen and oxygen atoms in total. The maximum atomic E-state index is 4.32. The van der Waals surface area contributed by atoms with Crippen LogP contribution in [0.4, 0.5) is 5.82 Å². The normalized spacial score (nSPS) is 15.7. The molecular formula is C14H22N4. The highest BCUT2D eigenvalue weighted by atomic mass is 15.3. The zero-order valence-corrected chi connectivity index (χ0v) is 11.3. The number of hydrogen-bond donors (Lipinski definition) is 1. The van der Waals surface area contributed by atoms with E-state index >= 15 is 0 Å². The van der Waals surface area contributed by atoms with Gasteiger partial charge in [0.05, 0.1) is 5.69 Å². The molecule has 0 aromatic carbocycles. The second-order valence-electron chi connectivity index (χ2n) is 4.82. The Morgan fingerprint density at radius 1 is 1.33 bits per heavy atom. The number of aromatic nitrogens is 2. The summed E-state index contributed by atoms with van der Waals surface area (Å²) in [5.74, 6) is 0.988. The minimum Gasteiger partial charge on any atom is -0.351 e. The molecule has 0 spiro atoms. The van der Waals surface area contributed by atoms with E-state index in [0.29, 0.717) is 0 Å². The molecule has 2 heterocycles. The number of anilines is 1. The van der Waals surface area contributed by atoms with E-state index in [2.05, 4.69) is 52.5 Å². The van der Waals surface area contributed by atoms with Crippen molar-refractivity contribution in [3.8, 4) is 0 Å². The smallest absolute Gasteiger partial charge is 0.151 e. The van der Waals surface area contributed by atoms with Gasteiger partial charge in [-0.1, -0.05) is 18.6 Å². The van der Waals surface area contributed by atoms with Crippen molar-refractivity contribution in [1.29, 1.82) is 0 Å². The molecule has 0 amide bonds. The Morgan fingerprint density at radius 3 is 2.89 bits per heavy atom. The fraction of sp³-hybridized carbons (Fsp3) is 0.571. The van der Waals surface area contributed by atoms with Gasteiger partial charge in [-0.25, -0.2) is 0 Å². The van der Waals surface area contributed by atoms with Crippen molar-refractivity contribution < 1.29 is 0 Å². The third kappa shape index (κ3) is 3.53. The van der Waals surface area contributed by atoms with Crippen molar-refractivity contribution in [1.82, 2.24) is 15.5 Å². The molecule has 0 saturated heterocycles. The lowest BCUT2D eigenvalue weighted by Crippen LogP contribution is -2.30. The van der Waals surface area contributed by atoms with Crippen LogP contribution in [0.1, 0.15) is 32.4 Å². The molecule has 1 N–H and O–H groups in total. The first-order chi connectivity index (χ1) is 8.79. The summed E-state index contributed by atoms with van der Waals surface area (Å²) in [4.78, 5) is 2.28. The van der Waals surface area contributed by atoms with Gasteiger partial charge in [0.25, 0.3) is 0 Å². The molecule has 18 heavy (non-hydrogen) atoms. The van der Waals surface area contributed by atoms with E-state index in [9.17, 15) is 0 Å². The van der Waals surface area contributed by atoms with Gasteiger partial charge in [0, 0.05) is 19.6 Å². The monoisotopic (exact) mass is 246 g/mol. The van der Waals surface area contributed by atoms with Crippen LogP contribution in [0.15, 0.2) is 23.8 Å². The zero-order valence-electron chi connectivity index (χ0n) is 11.3. The van der Waals surface area contributed by atoms with Crippen LogP contribution in [0.25, 0.3) is 0 Å². The molecule has 1 aromatic heterocycles. The Balaban J connectivity index is 1.93. The predicted octanol–water partition coefficient (Wildman–Crippen LogP) is 2.13. The fourth-order valence-corrected chi connectivity index (χ4v) is 2.12. The molecule has 0 aliphatic carbocycles. The molecule has 1 aliphatic rings. The van der Waals surface area contributed by atoms with Crippen LogP contribution in [0.5, 0.6) is 0 Å². The summed E-state index contributed by atoms with van der Waals surface area (Å²) in [6.07, 6.45) is 4.55. The van der Waals surface area contributed by atoms with Gasteiger partial charge in [-0.3, -0.25) is 0 Å². The van der Waals surface area contributed by atoms with E-state index in [-0.39, 0.29) is 0 Å². The first-order valence-electron chi connectivity index (χ1n) is 6.73. The van der Waals surface area contributed by atoms with Crippen LogP contribution in [0.2, 0.25) is 0 Å². The van der Waals surface area contributed by atoms with Crippen molar-refractivity contribution in [2.45, 2.75) is 33.2 Å². The van der Waals surface area contributed by atoms with Crippen LogP contribution in [-0.2, 0) is 6.54 Å². The molecule has 4 heteroatoms. The third-order valence-electron chi connectivity index (χ3n) is 3.09. The topological polar surface area (TPSA) is 41.0 Å². The second-order valence-corrected chi connectivity index (χ2v) is 4.82. The average Bonchev–Trinajstić information content (AvgIpc) is 2.40. The molecule has 0 saturated carbocycles. The van der Waals surface area contributed by atoms with E-state index in [4.69, 9.17) is 0 Å². The lowest BCUT2D eigenvalue weighted by atomic mass is 10.1. The van der Waals surface area contributed by atoms with E-state index in [1.54, 1.807) is 0 Å². The molecule has 0 bridgehead atoms. The van der Waals surface area contributed by atoms with Crippen LogP contribution in [0, 0.1) is 0 Å². The van der Waals surface area contributed by atoms with Crippen LogP contribution < -0.4 is 10.2 Å². The van der Waals surface area contributed by atoms with Crippen LogP contribution in [0.3, 0.4) is 0 Å². The Hall–Kier alpha value is -1.42. The maximum Gasteiger partial charge on any atom is 0.151 e. The highest BCUT2D eigenvalue weighted by molar-refractivity contribution is 5.40. The van der Waals surface area contributed by atoms with Gasteiger partial charge in [-0.05, 0) is 38.4 Å². The summed E-state index contributed by atoms with van der Waals surface area (Å²) in [5, 5.41) is 11.9. The largest absolute Gasteiger partial charge is 0.351 e. The quantitative estimate of drug-likeness (QED) is 0.638. The number of nitrogens with one attached hydrogen (secondary N) is 1. The van der Waals surface area contributed by atoms with Gasteiger partial charge < -0.3 is 10.2 Å². The van der Waals surface area contributed by atoms with Gasteiger partial charge in [0.2, 0.25) is 0 Å². The van der Waals surface area contributed by atoms with Gasteiger partial charge >= 0.3 is 0 Å². The lowest BCUT2D eigenvalue weighted by Gasteiger charge is -2.26. The summed E-state index contributed by atoms with van der Waals surface area (Å²) in [6, 6.07) is 4.15. The van der Waals surface area contributed by atoms with E-state index in [1.165, 1.54) is 5.57 Å². The standard InChI is InChI=1S/C14H22N4/c1-3-8-15-10-13-6-7-14(17-16-13)18-9-4-5-12(2)11-18/h5-7,15H,3-4,8-11H2,1-2H3. The molecule has 0 fully saturated rings. The molecular weight excluding hydrogens is 224 g/mol. The molecule has 98 valence electrons. The molecule has 1 aliphatic heterocycles. The zero-order chi connectivity index (χ0) is 12.8. The van der Waals surface area contributed by atoms with Crippen molar-refractivity contribution in [3.63, 3.8) is 0 Å². The summed E-state index contributed by atoms with van der Waals surface area (Å²) < 4.78 is 0. The predicted molar refractivity (Wildman–Crippen MR) is 74.6 cm³/mol. The van der Waals surface area contributed by atoms with E-state index < -0.39 is 0 Å². The summed E-state index contributed by atoms with van der Waals surface area (Å²) in [5.41, 5.74) is 2.42. The Bertz CT molecular complexity index is 397.